The van der Waals surface area contributed by atoms with Crippen LogP contribution in [0.4, 0.5) is 5.69 Å². The van der Waals surface area contributed by atoms with Crippen LogP contribution in [0.1, 0.15) is 0 Å². The standard InChI is InChI=1S/C12H8N4O3/c17-12-8-4-3-7-13-11(8)15(14-12)9-5-1-2-6-10(9)16(18)19/h1-7H,(H,14,17). The van der Waals surface area contributed by atoms with Gasteiger partial charge in [-0.05, 0) is 18.2 Å². The molecular formula is C12H8N4O3. The third-order valence-electron chi connectivity index (χ3n) is 2.78. The quantitative estimate of drug-likeness (QED) is 0.556. The second kappa shape index (κ2) is 4.05. The van der Waals surface area contributed by atoms with Crippen molar-refractivity contribution in [2.75, 3.05) is 0 Å². The average Bonchev–Trinajstić information content (AvgIpc) is 2.77. The van der Waals surface area contributed by atoms with Gasteiger partial charge in [0.1, 0.15) is 5.69 Å². The number of nitrogens with zero attached hydrogens (tertiary/aromatic N) is 3. The maximum absolute atomic E-state index is 11.8. The monoisotopic (exact) mass is 256 g/mol. The Balaban J connectivity index is 2.38. The van der Waals surface area contributed by atoms with Crippen molar-refractivity contribution in [2.45, 2.75) is 0 Å². The van der Waals surface area contributed by atoms with E-state index in [9.17, 15) is 14.9 Å². The molecule has 0 bridgehead atoms. The summed E-state index contributed by atoms with van der Waals surface area (Å²) in [5.74, 6) is 0. The van der Waals surface area contributed by atoms with Gasteiger partial charge >= 0.3 is 0 Å². The number of aromatic nitrogens is 3. The van der Waals surface area contributed by atoms with Crippen LogP contribution >= 0.6 is 0 Å². The smallest absolute Gasteiger partial charge is 0.267 e. The van der Waals surface area contributed by atoms with Gasteiger partial charge in [0, 0.05) is 12.3 Å². The number of nitrogens with one attached hydrogen (secondary N) is 1. The van der Waals surface area contributed by atoms with E-state index in [0.717, 1.165) is 0 Å². The van der Waals surface area contributed by atoms with Crippen LogP contribution in [0, 0.1) is 10.1 Å². The molecule has 0 spiro atoms. The predicted molar refractivity (Wildman–Crippen MR) is 68.3 cm³/mol. The van der Waals surface area contributed by atoms with Crippen molar-refractivity contribution in [3.63, 3.8) is 0 Å². The maximum atomic E-state index is 11.8. The highest BCUT2D eigenvalue weighted by Gasteiger charge is 2.17. The normalized spacial score (nSPS) is 10.7. The molecule has 2 heterocycles. The molecule has 7 nitrogen and oxygen atoms in total. The lowest BCUT2D eigenvalue weighted by molar-refractivity contribution is -0.384. The minimum absolute atomic E-state index is 0.0960. The number of hydrogen-bond donors (Lipinski definition) is 1. The molecule has 0 aliphatic heterocycles. The summed E-state index contributed by atoms with van der Waals surface area (Å²) in [5.41, 5.74) is 0.211. The van der Waals surface area contributed by atoms with Crippen LogP contribution in [-0.2, 0) is 0 Å². The van der Waals surface area contributed by atoms with E-state index in [0.29, 0.717) is 11.0 Å². The average molecular weight is 256 g/mol. The Labute approximate surface area is 106 Å². The van der Waals surface area contributed by atoms with Crippen LogP contribution in [-0.4, -0.2) is 19.7 Å². The fourth-order valence-electron chi connectivity index (χ4n) is 1.95. The molecule has 2 aromatic heterocycles. The van der Waals surface area contributed by atoms with E-state index in [4.69, 9.17) is 0 Å². The summed E-state index contributed by atoms with van der Waals surface area (Å²) in [5, 5.41) is 14.0. The van der Waals surface area contributed by atoms with E-state index >= 15 is 0 Å². The number of nitro groups is 1. The number of aromatic amines is 1. The Hall–Kier alpha value is -2.96. The van der Waals surface area contributed by atoms with Crippen LogP contribution in [0.15, 0.2) is 47.4 Å². The van der Waals surface area contributed by atoms with E-state index in [1.165, 1.54) is 16.9 Å². The Morgan fingerprint density at radius 1 is 1.21 bits per heavy atom. The molecule has 1 N–H and O–H groups in total. The maximum Gasteiger partial charge on any atom is 0.294 e. The van der Waals surface area contributed by atoms with Gasteiger partial charge in [0.15, 0.2) is 5.65 Å². The number of nitro benzene ring substituents is 1. The zero-order valence-electron chi connectivity index (χ0n) is 9.61. The summed E-state index contributed by atoms with van der Waals surface area (Å²) >= 11 is 0. The molecule has 0 saturated carbocycles. The molecule has 19 heavy (non-hydrogen) atoms. The van der Waals surface area contributed by atoms with E-state index in [2.05, 4.69) is 10.1 Å². The molecule has 3 aromatic rings. The first-order chi connectivity index (χ1) is 9.18. The van der Waals surface area contributed by atoms with Crippen molar-refractivity contribution in [1.29, 1.82) is 0 Å². The minimum Gasteiger partial charge on any atom is -0.267 e. The fourth-order valence-corrected chi connectivity index (χ4v) is 1.95. The molecule has 94 valence electrons. The Morgan fingerprint density at radius 3 is 2.79 bits per heavy atom. The Morgan fingerprint density at radius 2 is 2.00 bits per heavy atom. The van der Waals surface area contributed by atoms with Gasteiger partial charge in [-0.2, -0.15) is 0 Å². The number of hydrogen-bond acceptors (Lipinski definition) is 4. The summed E-state index contributed by atoms with van der Waals surface area (Å²) in [4.78, 5) is 26.4. The van der Waals surface area contributed by atoms with Crippen LogP contribution in [0.5, 0.6) is 0 Å². The molecule has 1 aromatic carbocycles. The van der Waals surface area contributed by atoms with Crippen molar-refractivity contribution in [3.8, 4) is 5.69 Å². The van der Waals surface area contributed by atoms with Crippen LogP contribution in [0.3, 0.4) is 0 Å². The molecule has 0 fully saturated rings. The van der Waals surface area contributed by atoms with Gasteiger partial charge in [-0.15, -0.1) is 0 Å². The molecule has 0 amide bonds. The fraction of sp³-hybridized carbons (Fsp3) is 0. The van der Waals surface area contributed by atoms with Gasteiger partial charge in [-0.1, -0.05) is 12.1 Å². The van der Waals surface area contributed by atoms with Gasteiger partial charge in [-0.3, -0.25) is 20.0 Å². The molecule has 0 aliphatic carbocycles. The zero-order valence-corrected chi connectivity index (χ0v) is 9.61. The summed E-state index contributed by atoms with van der Waals surface area (Å²) in [6.07, 6.45) is 1.53. The molecule has 0 radical (unpaired) electrons. The van der Waals surface area contributed by atoms with Crippen molar-refractivity contribution in [2.24, 2.45) is 0 Å². The molecule has 0 aliphatic rings. The predicted octanol–water partition coefficient (Wildman–Crippen LogP) is 1.62. The van der Waals surface area contributed by atoms with Crippen molar-refractivity contribution < 1.29 is 4.92 Å². The van der Waals surface area contributed by atoms with Crippen molar-refractivity contribution in [3.05, 3.63) is 63.1 Å². The third-order valence-corrected chi connectivity index (χ3v) is 2.78. The van der Waals surface area contributed by atoms with Crippen LogP contribution in [0.2, 0.25) is 0 Å². The summed E-state index contributed by atoms with van der Waals surface area (Å²) < 4.78 is 1.33. The molecule has 3 rings (SSSR count). The number of para-hydroxylation sites is 2. The zero-order chi connectivity index (χ0) is 13.4. The third kappa shape index (κ3) is 1.68. The van der Waals surface area contributed by atoms with E-state index in [1.54, 1.807) is 30.3 Å². The number of benzene rings is 1. The lowest BCUT2D eigenvalue weighted by atomic mass is 10.2. The Bertz CT molecular complexity index is 834. The topological polar surface area (TPSA) is 93.8 Å². The molecular weight excluding hydrogens is 248 g/mol. The second-order valence-electron chi connectivity index (χ2n) is 3.90. The summed E-state index contributed by atoms with van der Waals surface area (Å²) in [6, 6.07) is 9.42. The first kappa shape index (κ1) is 11.1. The lowest BCUT2D eigenvalue weighted by Gasteiger charge is -2.04. The first-order valence-electron chi connectivity index (χ1n) is 5.48. The van der Waals surface area contributed by atoms with Crippen LogP contribution in [0.25, 0.3) is 16.7 Å². The SMILES string of the molecule is O=c1[nH]n(-c2ccccc2[N+](=O)[O-])c2ncccc12. The number of fused-ring (bicyclic) bond motifs is 1. The molecule has 0 saturated heterocycles. The second-order valence-corrected chi connectivity index (χ2v) is 3.90. The number of rotatable bonds is 2. The highest BCUT2D eigenvalue weighted by atomic mass is 16.6. The largest absolute Gasteiger partial charge is 0.294 e. The van der Waals surface area contributed by atoms with E-state index < -0.39 is 4.92 Å². The number of pyridine rings is 1. The molecule has 0 unspecified atom stereocenters. The van der Waals surface area contributed by atoms with E-state index in [-0.39, 0.29) is 16.9 Å². The van der Waals surface area contributed by atoms with Gasteiger partial charge < -0.3 is 0 Å². The van der Waals surface area contributed by atoms with Crippen molar-refractivity contribution >= 4 is 16.7 Å². The lowest BCUT2D eigenvalue weighted by Crippen LogP contribution is -2.06. The highest BCUT2D eigenvalue weighted by Crippen LogP contribution is 2.23. The summed E-state index contributed by atoms with van der Waals surface area (Å²) in [7, 11) is 0. The van der Waals surface area contributed by atoms with Gasteiger partial charge in [0.2, 0.25) is 0 Å². The van der Waals surface area contributed by atoms with Gasteiger partial charge in [0.05, 0.1) is 10.3 Å². The minimum atomic E-state index is -0.498. The van der Waals surface area contributed by atoms with Crippen LogP contribution < -0.4 is 5.56 Å². The van der Waals surface area contributed by atoms with Gasteiger partial charge in [0.25, 0.3) is 11.2 Å². The van der Waals surface area contributed by atoms with E-state index in [1.807, 2.05) is 0 Å². The Kier molecular flexibility index (Phi) is 2.38. The molecule has 0 atom stereocenters. The highest BCUT2D eigenvalue weighted by molar-refractivity contribution is 5.76. The number of H-pyrrole nitrogens is 1. The van der Waals surface area contributed by atoms with Gasteiger partial charge in [-0.25, -0.2) is 9.67 Å². The van der Waals surface area contributed by atoms with Crippen molar-refractivity contribution in [1.82, 2.24) is 14.8 Å². The summed E-state index contributed by atoms with van der Waals surface area (Å²) in [6.45, 7) is 0. The molecule has 7 heteroatoms. The first-order valence-corrected chi connectivity index (χ1v) is 5.48.